The van der Waals surface area contributed by atoms with Crippen LogP contribution in [0.3, 0.4) is 0 Å². The standard InChI is InChI=1S/C37H40N8O5/c1-37(2,3)50-35(48)40-23-33(46)42-28-7-4-6-25(18-28)24-43-16-17-45(36(43)49)31-19-29(21-38-22-31)41-32-14-11-27(20-39-32)26-9-12-30(13-10-26)44-15-5-8-34(44)47/h4,6-7,9-14,18-22H,5,8,15-17,23-24H2,1-3H3,(H,39,41)(H,40,48)(H,42,46). The molecule has 0 radical (unpaired) electrons. The second-order valence-corrected chi connectivity index (χ2v) is 13.1. The SMILES string of the molecule is CC(C)(C)OC(=O)NCC(=O)Nc1cccc(CN2CCN(c3cncc(Nc4ccc(-c5ccc(N6CCCC6=O)cc5)cn4)c3)C2=O)c1. The first-order valence-corrected chi connectivity index (χ1v) is 16.5. The molecule has 2 aliphatic rings. The van der Waals surface area contributed by atoms with Crippen molar-refractivity contribution in [3.63, 3.8) is 0 Å². The number of carbonyl (C=O) groups excluding carboxylic acids is 4. The van der Waals surface area contributed by atoms with Crippen molar-refractivity contribution in [2.24, 2.45) is 0 Å². The van der Waals surface area contributed by atoms with Crippen molar-refractivity contribution >= 4 is 52.5 Å². The fourth-order valence-electron chi connectivity index (χ4n) is 5.79. The van der Waals surface area contributed by atoms with Gasteiger partial charge in [0.15, 0.2) is 0 Å². The van der Waals surface area contributed by atoms with Crippen molar-refractivity contribution in [3.05, 3.63) is 90.9 Å². The molecule has 50 heavy (non-hydrogen) atoms. The zero-order valence-corrected chi connectivity index (χ0v) is 28.3. The quantitative estimate of drug-likeness (QED) is 0.188. The molecule has 3 N–H and O–H groups in total. The monoisotopic (exact) mass is 676 g/mol. The molecule has 6 rings (SSSR count). The summed E-state index contributed by atoms with van der Waals surface area (Å²) in [6, 6.07) is 20.8. The summed E-state index contributed by atoms with van der Waals surface area (Å²) in [5, 5.41) is 8.48. The van der Waals surface area contributed by atoms with Crippen molar-refractivity contribution < 1.29 is 23.9 Å². The molecule has 0 bridgehead atoms. The number of amides is 5. The smallest absolute Gasteiger partial charge is 0.408 e. The summed E-state index contributed by atoms with van der Waals surface area (Å²) in [5.74, 6) is 0.401. The van der Waals surface area contributed by atoms with Crippen molar-refractivity contribution in [3.8, 4) is 11.1 Å². The van der Waals surface area contributed by atoms with E-state index in [9.17, 15) is 19.2 Å². The van der Waals surface area contributed by atoms with Crippen LogP contribution < -0.4 is 25.8 Å². The van der Waals surface area contributed by atoms with Gasteiger partial charge in [-0.1, -0.05) is 24.3 Å². The van der Waals surface area contributed by atoms with Gasteiger partial charge >= 0.3 is 12.1 Å². The van der Waals surface area contributed by atoms with E-state index in [-0.39, 0.29) is 18.5 Å². The number of nitrogens with zero attached hydrogens (tertiary/aromatic N) is 5. The van der Waals surface area contributed by atoms with E-state index < -0.39 is 17.6 Å². The van der Waals surface area contributed by atoms with Gasteiger partial charge in [-0.2, -0.15) is 0 Å². The minimum Gasteiger partial charge on any atom is -0.444 e. The maximum absolute atomic E-state index is 13.4. The van der Waals surface area contributed by atoms with Gasteiger partial charge in [0.05, 0.1) is 23.8 Å². The Morgan fingerprint density at radius 2 is 1.64 bits per heavy atom. The first-order chi connectivity index (χ1) is 24.0. The number of alkyl carbamates (subject to hydrolysis) is 1. The molecule has 258 valence electrons. The molecular formula is C37H40N8O5. The Morgan fingerprint density at radius 3 is 2.36 bits per heavy atom. The molecule has 2 aliphatic heterocycles. The van der Waals surface area contributed by atoms with Crippen molar-refractivity contribution in [2.75, 3.05) is 46.6 Å². The third kappa shape index (κ3) is 8.53. The highest BCUT2D eigenvalue weighted by Gasteiger charge is 2.30. The topological polar surface area (TPSA) is 149 Å². The molecule has 2 saturated heterocycles. The summed E-state index contributed by atoms with van der Waals surface area (Å²) in [4.78, 5) is 63.9. The number of ether oxygens (including phenoxy) is 1. The molecule has 2 aromatic carbocycles. The highest BCUT2D eigenvalue weighted by molar-refractivity contribution is 5.96. The third-order valence-electron chi connectivity index (χ3n) is 8.13. The van der Waals surface area contributed by atoms with Gasteiger partial charge in [0.2, 0.25) is 11.8 Å². The number of aromatic nitrogens is 2. The number of benzene rings is 2. The Kier molecular flexibility index (Phi) is 9.93. The van der Waals surface area contributed by atoms with Gasteiger partial charge in [-0.3, -0.25) is 19.5 Å². The Balaban J connectivity index is 1.02. The third-order valence-corrected chi connectivity index (χ3v) is 8.13. The molecule has 4 aromatic rings. The van der Waals surface area contributed by atoms with Gasteiger partial charge < -0.3 is 30.5 Å². The number of pyridine rings is 2. The van der Waals surface area contributed by atoms with E-state index in [4.69, 9.17) is 4.74 Å². The minimum atomic E-state index is -0.669. The van der Waals surface area contributed by atoms with Gasteiger partial charge in [0.1, 0.15) is 18.0 Å². The lowest BCUT2D eigenvalue weighted by Crippen LogP contribution is -2.37. The second-order valence-electron chi connectivity index (χ2n) is 13.1. The normalized spacial score (nSPS) is 14.6. The van der Waals surface area contributed by atoms with Crippen LogP contribution in [-0.2, 0) is 20.9 Å². The summed E-state index contributed by atoms with van der Waals surface area (Å²) in [5.41, 5.74) is 4.96. The van der Waals surface area contributed by atoms with Crippen molar-refractivity contribution in [1.82, 2.24) is 20.2 Å². The number of anilines is 5. The van der Waals surface area contributed by atoms with E-state index in [0.29, 0.717) is 48.9 Å². The van der Waals surface area contributed by atoms with Gasteiger partial charge in [0.25, 0.3) is 0 Å². The number of rotatable bonds is 10. The Morgan fingerprint density at radius 1 is 0.840 bits per heavy atom. The van der Waals surface area contributed by atoms with E-state index in [0.717, 1.165) is 35.3 Å². The average Bonchev–Trinajstić information content (AvgIpc) is 3.68. The molecule has 13 nitrogen and oxygen atoms in total. The molecule has 0 atom stereocenters. The van der Waals surface area contributed by atoms with Gasteiger partial charge in [0, 0.05) is 55.7 Å². The van der Waals surface area contributed by atoms with Crippen LogP contribution in [-0.4, -0.2) is 70.6 Å². The molecule has 2 fully saturated rings. The van der Waals surface area contributed by atoms with E-state index in [1.54, 1.807) is 67.4 Å². The van der Waals surface area contributed by atoms with Crippen LogP contribution >= 0.6 is 0 Å². The van der Waals surface area contributed by atoms with Gasteiger partial charge in [-0.25, -0.2) is 14.6 Å². The van der Waals surface area contributed by atoms with Gasteiger partial charge in [-0.15, -0.1) is 0 Å². The highest BCUT2D eigenvalue weighted by atomic mass is 16.6. The summed E-state index contributed by atoms with van der Waals surface area (Å²) in [7, 11) is 0. The van der Waals surface area contributed by atoms with E-state index in [1.165, 1.54) is 0 Å². The summed E-state index contributed by atoms with van der Waals surface area (Å²) in [6.07, 6.45) is 5.95. The summed E-state index contributed by atoms with van der Waals surface area (Å²) >= 11 is 0. The highest BCUT2D eigenvalue weighted by Crippen LogP contribution is 2.28. The number of carbonyl (C=O) groups is 4. The molecular weight excluding hydrogens is 636 g/mol. The van der Waals surface area contributed by atoms with Crippen LogP contribution in [0.5, 0.6) is 0 Å². The molecule has 13 heteroatoms. The lowest BCUT2D eigenvalue weighted by molar-refractivity contribution is -0.117. The zero-order chi connectivity index (χ0) is 35.3. The van der Waals surface area contributed by atoms with Crippen LogP contribution in [0, 0.1) is 0 Å². The number of urea groups is 1. The molecule has 5 amide bonds. The predicted molar refractivity (Wildman–Crippen MR) is 191 cm³/mol. The number of hydrogen-bond donors (Lipinski definition) is 3. The van der Waals surface area contributed by atoms with Crippen molar-refractivity contribution in [2.45, 2.75) is 45.8 Å². The molecule has 2 aromatic heterocycles. The average molecular weight is 677 g/mol. The maximum Gasteiger partial charge on any atom is 0.408 e. The Labute approximate surface area is 290 Å². The van der Waals surface area contributed by atoms with Crippen LogP contribution in [0.15, 0.2) is 85.3 Å². The van der Waals surface area contributed by atoms with Crippen LogP contribution in [0.4, 0.5) is 38.2 Å². The predicted octanol–water partition coefficient (Wildman–Crippen LogP) is 5.92. The lowest BCUT2D eigenvalue weighted by Gasteiger charge is -2.20. The number of hydrogen-bond acceptors (Lipinski definition) is 8. The molecule has 0 unspecified atom stereocenters. The summed E-state index contributed by atoms with van der Waals surface area (Å²) in [6.45, 7) is 7.13. The fraction of sp³-hybridized carbons (Fsp3) is 0.297. The largest absolute Gasteiger partial charge is 0.444 e. The van der Waals surface area contributed by atoms with Crippen molar-refractivity contribution in [1.29, 1.82) is 0 Å². The first-order valence-electron chi connectivity index (χ1n) is 16.5. The first kappa shape index (κ1) is 33.9. The van der Waals surface area contributed by atoms with Crippen LogP contribution in [0.25, 0.3) is 11.1 Å². The minimum absolute atomic E-state index is 0.150. The van der Waals surface area contributed by atoms with E-state index in [2.05, 4.69) is 25.9 Å². The molecule has 4 heterocycles. The molecule has 0 aliphatic carbocycles. The Bertz CT molecular complexity index is 1870. The second kappa shape index (κ2) is 14.6. The lowest BCUT2D eigenvalue weighted by atomic mass is 10.1. The molecule has 0 saturated carbocycles. The van der Waals surface area contributed by atoms with Crippen LogP contribution in [0.1, 0.15) is 39.2 Å². The Hall–Kier alpha value is -5.98. The van der Waals surface area contributed by atoms with Gasteiger partial charge in [-0.05, 0) is 80.8 Å². The van der Waals surface area contributed by atoms with Crippen LogP contribution in [0.2, 0.25) is 0 Å². The summed E-state index contributed by atoms with van der Waals surface area (Å²) < 4.78 is 5.16. The maximum atomic E-state index is 13.4. The van der Waals surface area contributed by atoms with E-state index in [1.807, 2.05) is 53.4 Å². The van der Waals surface area contributed by atoms with E-state index >= 15 is 0 Å². The number of nitrogens with one attached hydrogen (secondary N) is 3. The molecule has 0 spiro atoms. The fourth-order valence-corrected chi connectivity index (χ4v) is 5.79. The zero-order valence-electron chi connectivity index (χ0n) is 28.3.